The number of nitrogens with zero attached hydrogens (tertiary/aromatic N) is 2. The van der Waals surface area contributed by atoms with E-state index in [1.54, 1.807) is 0 Å². The van der Waals surface area contributed by atoms with Gasteiger partial charge in [0.1, 0.15) is 0 Å². The smallest absolute Gasteiger partial charge is 0.862 e. The minimum Gasteiger partial charge on any atom is -0.862 e. The van der Waals surface area contributed by atoms with Gasteiger partial charge in [-0.3, -0.25) is 4.55 Å². The van der Waals surface area contributed by atoms with E-state index in [1.807, 2.05) is 27.7 Å². The van der Waals surface area contributed by atoms with Gasteiger partial charge in [-0.2, -0.15) is 8.42 Å². The van der Waals surface area contributed by atoms with Crippen LogP contribution in [0.3, 0.4) is 0 Å². The molecule has 0 unspecified atom stereocenters. The Kier molecular flexibility index (Phi) is 13.1. The van der Waals surface area contributed by atoms with Crippen LogP contribution in [-0.4, -0.2) is 46.8 Å². The molecule has 0 aliphatic carbocycles. The number of piperidine rings is 1. The molecule has 7 nitrogen and oxygen atoms in total. The van der Waals surface area contributed by atoms with Crippen molar-refractivity contribution >= 4 is 16.0 Å². The molecule has 1 N–H and O–H groups in total. The quantitative estimate of drug-likeness (QED) is 0.156. The first-order chi connectivity index (χ1) is 12.8. The van der Waals surface area contributed by atoms with Gasteiger partial charge in [0.25, 0.3) is 10.1 Å². The van der Waals surface area contributed by atoms with E-state index < -0.39 is 21.2 Å². The Hall–Kier alpha value is 0.300. The first-order valence-corrected chi connectivity index (χ1v) is 12.1. The van der Waals surface area contributed by atoms with Crippen LogP contribution >= 0.6 is 0 Å². The second kappa shape index (κ2) is 13.0. The van der Waals surface area contributed by atoms with E-state index in [0.29, 0.717) is 25.7 Å². The third-order valence-electron chi connectivity index (χ3n) is 5.44. The Labute approximate surface area is 199 Å². The van der Waals surface area contributed by atoms with Crippen molar-refractivity contribution in [2.45, 2.75) is 115 Å². The molecule has 0 aromatic rings. The molecule has 0 aromatic heterocycles. The summed E-state index contributed by atoms with van der Waals surface area (Å²) in [6, 6.07) is -0.0783. The predicted octanol–water partition coefficient (Wildman–Crippen LogP) is 0.515. The Morgan fingerprint density at radius 3 is 1.83 bits per heavy atom. The SMILES string of the molecule is CC1(C)CC(N=C([O-])CCCCCCCCCCS(=O)(=O)O)CC(C)(C)N1[O].[Na+]. The van der Waals surface area contributed by atoms with Gasteiger partial charge in [-0.15, -0.1) is 10.3 Å². The molecule has 0 bridgehead atoms. The zero-order valence-electron chi connectivity index (χ0n) is 18.9. The summed E-state index contributed by atoms with van der Waals surface area (Å²) in [6.45, 7) is 7.65. The molecular weight excluding hydrogens is 403 g/mol. The van der Waals surface area contributed by atoms with Crippen LogP contribution in [0.25, 0.3) is 0 Å². The average molecular weight is 442 g/mol. The Morgan fingerprint density at radius 1 is 0.966 bits per heavy atom. The molecule has 165 valence electrons. The number of unbranched alkanes of at least 4 members (excludes halogenated alkanes) is 7. The third kappa shape index (κ3) is 12.1. The maximum Gasteiger partial charge on any atom is 1.00 e. The summed E-state index contributed by atoms with van der Waals surface area (Å²) in [6.07, 6.45) is 8.97. The summed E-state index contributed by atoms with van der Waals surface area (Å²) in [5, 5.41) is 25.7. The second-order valence-electron chi connectivity index (χ2n) is 9.37. The Morgan fingerprint density at radius 2 is 1.38 bits per heavy atom. The van der Waals surface area contributed by atoms with Crippen molar-refractivity contribution in [3.05, 3.63) is 0 Å². The topological polar surface area (TPSA) is 113 Å². The van der Waals surface area contributed by atoms with Crippen molar-refractivity contribution in [3.8, 4) is 0 Å². The van der Waals surface area contributed by atoms with E-state index in [9.17, 15) is 18.7 Å². The third-order valence-corrected chi connectivity index (χ3v) is 6.24. The van der Waals surface area contributed by atoms with Gasteiger partial charge in [-0.1, -0.05) is 38.5 Å². The van der Waals surface area contributed by atoms with Crippen molar-refractivity contribution in [3.63, 3.8) is 0 Å². The van der Waals surface area contributed by atoms with Crippen LogP contribution in [0.15, 0.2) is 4.99 Å². The average Bonchev–Trinajstić information content (AvgIpc) is 2.52. The first-order valence-electron chi connectivity index (χ1n) is 10.5. The molecule has 1 aliphatic heterocycles. The Balaban J connectivity index is 0.00000784. The van der Waals surface area contributed by atoms with Crippen LogP contribution in [0.1, 0.15) is 98.3 Å². The molecule has 0 saturated carbocycles. The Bertz CT molecular complexity index is 590. The molecule has 0 aromatic carbocycles. The van der Waals surface area contributed by atoms with Crippen LogP contribution in [0, 0.1) is 0 Å². The largest absolute Gasteiger partial charge is 1.00 e. The molecule has 1 radical (unpaired) electrons. The molecule has 29 heavy (non-hydrogen) atoms. The molecule has 0 atom stereocenters. The van der Waals surface area contributed by atoms with Gasteiger partial charge >= 0.3 is 29.6 Å². The van der Waals surface area contributed by atoms with E-state index >= 15 is 0 Å². The summed E-state index contributed by atoms with van der Waals surface area (Å²) in [5.74, 6) is -0.206. The van der Waals surface area contributed by atoms with Crippen molar-refractivity contribution in [2.75, 3.05) is 5.75 Å². The van der Waals surface area contributed by atoms with Gasteiger partial charge in [0.2, 0.25) is 0 Å². The summed E-state index contributed by atoms with van der Waals surface area (Å²) >= 11 is 0. The zero-order chi connectivity index (χ0) is 21.4. The van der Waals surface area contributed by atoms with E-state index in [1.165, 1.54) is 0 Å². The van der Waals surface area contributed by atoms with Gasteiger partial charge in [0.05, 0.1) is 11.8 Å². The number of hydrogen-bond acceptors (Lipinski definition) is 5. The maximum atomic E-state index is 12.4. The van der Waals surface area contributed by atoms with Gasteiger partial charge in [-0.05, 0) is 65.7 Å². The van der Waals surface area contributed by atoms with Crippen LogP contribution < -0.4 is 34.7 Å². The summed E-state index contributed by atoms with van der Waals surface area (Å²) < 4.78 is 29.9. The first kappa shape index (κ1) is 29.3. The monoisotopic (exact) mass is 441 g/mol. The van der Waals surface area contributed by atoms with E-state index in [4.69, 9.17) is 4.55 Å². The predicted molar refractivity (Wildman–Crippen MR) is 109 cm³/mol. The second-order valence-corrected chi connectivity index (χ2v) is 10.9. The van der Waals surface area contributed by atoms with Crippen LogP contribution in [0.5, 0.6) is 0 Å². The molecule has 1 aliphatic rings. The number of aliphatic imine (C=N–C) groups is 1. The minimum atomic E-state index is -3.82. The van der Waals surface area contributed by atoms with Crippen molar-refractivity contribution in [2.24, 2.45) is 4.99 Å². The molecule has 1 saturated heterocycles. The summed E-state index contributed by atoms with van der Waals surface area (Å²) in [5.41, 5.74) is -1.00. The van der Waals surface area contributed by atoms with Crippen molar-refractivity contribution < 1.29 is 52.8 Å². The molecule has 1 fully saturated rings. The van der Waals surface area contributed by atoms with E-state index in [2.05, 4.69) is 4.99 Å². The molecule has 1 rings (SSSR count). The number of rotatable bonds is 12. The molecule has 9 heteroatoms. The normalized spacial score (nSPS) is 20.4. The molecule has 0 amide bonds. The zero-order valence-corrected chi connectivity index (χ0v) is 21.8. The fourth-order valence-corrected chi connectivity index (χ4v) is 4.76. The fraction of sp³-hybridized carbons (Fsp3) is 0.950. The summed E-state index contributed by atoms with van der Waals surface area (Å²) in [7, 11) is -3.82. The van der Waals surface area contributed by atoms with Gasteiger partial charge in [0, 0.05) is 11.1 Å². The van der Waals surface area contributed by atoms with E-state index in [0.717, 1.165) is 50.0 Å². The van der Waals surface area contributed by atoms with Gasteiger partial charge < -0.3 is 10.1 Å². The summed E-state index contributed by atoms with van der Waals surface area (Å²) in [4.78, 5) is 4.38. The number of hydrogen-bond donors (Lipinski definition) is 1. The maximum absolute atomic E-state index is 12.4. The molecular formula is C20H38N2NaO5S. The minimum absolute atomic E-state index is 0. The van der Waals surface area contributed by atoms with Crippen molar-refractivity contribution in [1.29, 1.82) is 0 Å². The molecule has 1 heterocycles. The van der Waals surface area contributed by atoms with E-state index in [-0.39, 0.29) is 47.2 Å². The van der Waals surface area contributed by atoms with Crippen LogP contribution in [-0.2, 0) is 15.3 Å². The van der Waals surface area contributed by atoms with Gasteiger partial charge in [-0.25, -0.2) is 0 Å². The van der Waals surface area contributed by atoms with Crippen LogP contribution in [0.2, 0.25) is 0 Å². The van der Waals surface area contributed by atoms with Crippen molar-refractivity contribution in [1.82, 2.24) is 5.06 Å². The number of hydroxylamine groups is 2. The van der Waals surface area contributed by atoms with Crippen LogP contribution in [0.4, 0.5) is 0 Å². The molecule has 0 spiro atoms. The standard InChI is InChI=1S/C20H39N2O5S.Na/c1-19(2)15-17(16-20(3,4)22(19)24)21-18(23)13-11-9-7-5-6-8-10-12-14-28(25,26)27;/h17H,5-16H2,1-4H3,(H,21,23)(H,25,26,27);/q;+1/p-1. The van der Waals surface area contributed by atoms with Gasteiger partial charge in [0.15, 0.2) is 0 Å². The fourth-order valence-electron chi connectivity index (χ4n) is 4.19.